The summed E-state index contributed by atoms with van der Waals surface area (Å²) in [6.07, 6.45) is 5.54. The van der Waals surface area contributed by atoms with Gasteiger partial charge in [0.05, 0.1) is 18.5 Å². The minimum atomic E-state index is 0.635. The second-order valence-electron chi connectivity index (χ2n) is 5.63. The Balaban J connectivity index is 1.76. The van der Waals surface area contributed by atoms with E-state index in [2.05, 4.69) is 9.97 Å². The van der Waals surface area contributed by atoms with Crippen LogP contribution in [0.25, 0.3) is 27.7 Å². The molecule has 7 heteroatoms. The summed E-state index contributed by atoms with van der Waals surface area (Å²) in [7, 11) is 0. The fraction of sp³-hybridized carbons (Fsp3) is 0.167. The molecule has 0 aliphatic heterocycles. The van der Waals surface area contributed by atoms with Gasteiger partial charge in [-0.25, -0.2) is 15.0 Å². The summed E-state index contributed by atoms with van der Waals surface area (Å²) in [5.41, 5.74) is 9.88. The van der Waals surface area contributed by atoms with Crippen LogP contribution in [0.1, 0.15) is 12.5 Å². The molecule has 0 radical (unpaired) electrons. The lowest BCUT2D eigenvalue weighted by molar-refractivity contribution is 0.340. The van der Waals surface area contributed by atoms with Crippen molar-refractivity contribution in [1.29, 1.82) is 0 Å². The average molecular weight is 351 g/mol. The fourth-order valence-corrected chi connectivity index (χ4v) is 3.49. The number of hydrogen-bond donors (Lipinski definition) is 1. The molecule has 0 spiro atoms. The van der Waals surface area contributed by atoms with E-state index >= 15 is 0 Å². The first kappa shape index (κ1) is 15.6. The highest BCUT2D eigenvalue weighted by atomic mass is 32.1. The predicted octanol–water partition coefficient (Wildman–Crippen LogP) is 3.81. The number of fused-ring (bicyclic) bond motifs is 1. The van der Waals surface area contributed by atoms with Gasteiger partial charge in [-0.1, -0.05) is 11.3 Å². The van der Waals surface area contributed by atoms with Gasteiger partial charge in [0.15, 0.2) is 0 Å². The van der Waals surface area contributed by atoms with E-state index in [1.54, 1.807) is 12.4 Å². The van der Waals surface area contributed by atoms with E-state index in [-0.39, 0.29) is 0 Å². The van der Waals surface area contributed by atoms with Crippen molar-refractivity contribution in [2.24, 2.45) is 0 Å². The molecule has 25 heavy (non-hydrogen) atoms. The van der Waals surface area contributed by atoms with Crippen LogP contribution in [0.3, 0.4) is 0 Å². The van der Waals surface area contributed by atoms with E-state index in [9.17, 15) is 0 Å². The summed E-state index contributed by atoms with van der Waals surface area (Å²) in [6, 6.07) is 7.87. The quantitative estimate of drug-likeness (QED) is 0.605. The number of thiazole rings is 1. The van der Waals surface area contributed by atoms with Crippen LogP contribution in [0.4, 0.5) is 5.00 Å². The van der Waals surface area contributed by atoms with Gasteiger partial charge in [-0.2, -0.15) is 0 Å². The van der Waals surface area contributed by atoms with Crippen LogP contribution in [0.15, 0.2) is 42.9 Å². The summed E-state index contributed by atoms with van der Waals surface area (Å²) in [6.45, 7) is 4.61. The number of nitrogens with zero attached hydrogens (tertiary/aromatic N) is 4. The first-order chi connectivity index (χ1) is 12.2. The maximum absolute atomic E-state index is 6.25. The number of nitrogen functional groups attached to an aromatic ring is 1. The first-order valence-electron chi connectivity index (χ1n) is 7.95. The van der Waals surface area contributed by atoms with Crippen LogP contribution in [-0.2, 0) is 0 Å². The van der Waals surface area contributed by atoms with Gasteiger partial charge in [-0.3, -0.25) is 4.40 Å². The Hall–Kier alpha value is -2.93. The molecule has 3 aromatic heterocycles. The Morgan fingerprint density at radius 3 is 2.68 bits per heavy atom. The zero-order valence-corrected chi connectivity index (χ0v) is 14.7. The zero-order chi connectivity index (χ0) is 17.4. The number of hydrogen-bond acceptors (Lipinski definition) is 6. The summed E-state index contributed by atoms with van der Waals surface area (Å²) in [4.78, 5) is 13.4. The maximum Gasteiger partial charge on any atom is 0.234 e. The van der Waals surface area contributed by atoms with E-state index in [0.29, 0.717) is 17.4 Å². The van der Waals surface area contributed by atoms with Crippen LogP contribution in [0.2, 0.25) is 0 Å². The van der Waals surface area contributed by atoms with Crippen molar-refractivity contribution < 1.29 is 4.74 Å². The molecule has 4 rings (SSSR count). The number of benzene rings is 1. The molecule has 0 saturated carbocycles. The van der Waals surface area contributed by atoms with Crippen molar-refractivity contribution in [2.45, 2.75) is 13.8 Å². The van der Waals surface area contributed by atoms with Crippen molar-refractivity contribution in [2.75, 3.05) is 12.3 Å². The lowest BCUT2D eigenvalue weighted by Crippen LogP contribution is -1.94. The lowest BCUT2D eigenvalue weighted by Gasteiger charge is -2.03. The molecule has 0 fully saturated rings. The van der Waals surface area contributed by atoms with E-state index in [0.717, 1.165) is 33.3 Å². The third-order valence-corrected chi connectivity index (χ3v) is 4.74. The van der Waals surface area contributed by atoms with Crippen molar-refractivity contribution >= 4 is 22.1 Å². The van der Waals surface area contributed by atoms with Gasteiger partial charge in [0, 0.05) is 18.0 Å². The fourth-order valence-electron chi connectivity index (χ4n) is 2.64. The molecule has 0 saturated heterocycles. The average Bonchev–Trinajstić information content (AvgIpc) is 3.19. The van der Waals surface area contributed by atoms with Crippen LogP contribution >= 0.6 is 11.3 Å². The topological polar surface area (TPSA) is 78.3 Å². The smallest absolute Gasteiger partial charge is 0.234 e. The summed E-state index contributed by atoms with van der Waals surface area (Å²) in [5.74, 6) is 1.48. The number of imidazole rings is 1. The third-order valence-electron chi connectivity index (χ3n) is 3.80. The number of nitrogens with two attached hydrogens (primary N) is 1. The van der Waals surface area contributed by atoms with Gasteiger partial charge < -0.3 is 10.5 Å². The molecule has 126 valence electrons. The van der Waals surface area contributed by atoms with Gasteiger partial charge in [0.1, 0.15) is 21.5 Å². The number of aromatic nitrogens is 4. The van der Waals surface area contributed by atoms with Gasteiger partial charge in [0.25, 0.3) is 0 Å². The predicted molar refractivity (Wildman–Crippen MR) is 99.8 cm³/mol. The minimum Gasteiger partial charge on any atom is -0.494 e. The van der Waals surface area contributed by atoms with Gasteiger partial charge in [0.2, 0.25) is 5.78 Å². The molecule has 1 aromatic carbocycles. The Labute approximate surface area is 149 Å². The number of aryl methyl sites for hydroxylation is 1. The van der Waals surface area contributed by atoms with Crippen molar-refractivity contribution in [1.82, 2.24) is 19.4 Å². The second-order valence-corrected chi connectivity index (χ2v) is 6.66. The maximum atomic E-state index is 6.25. The van der Waals surface area contributed by atoms with E-state index < -0.39 is 0 Å². The van der Waals surface area contributed by atoms with Crippen LogP contribution < -0.4 is 10.5 Å². The highest BCUT2D eigenvalue weighted by Gasteiger charge is 2.16. The Bertz CT molecular complexity index is 1040. The van der Waals surface area contributed by atoms with Gasteiger partial charge in [-0.05, 0) is 43.7 Å². The number of anilines is 1. The van der Waals surface area contributed by atoms with Crippen molar-refractivity contribution in [3.05, 3.63) is 48.4 Å². The highest BCUT2D eigenvalue weighted by Crippen LogP contribution is 2.36. The second kappa shape index (κ2) is 6.18. The van der Waals surface area contributed by atoms with E-state index in [1.165, 1.54) is 11.3 Å². The molecule has 0 bridgehead atoms. The molecule has 0 unspecified atom stereocenters. The normalized spacial score (nSPS) is 11.1. The molecular formula is C18H17N5OS. The molecule has 4 aromatic rings. The Kier molecular flexibility index (Phi) is 3.85. The van der Waals surface area contributed by atoms with Crippen molar-refractivity contribution in [3.63, 3.8) is 0 Å². The summed E-state index contributed by atoms with van der Waals surface area (Å²) in [5, 5.41) is 1.53. The zero-order valence-electron chi connectivity index (χ0n) is 13.9. The monoisotopic (exact) mass is 351 g/mol. The van der Waals surface area contributed by atoms with Crippen LogP contribution in [0, 0.1) is 6.92 Å². The third kappa shape index (κ3) is 2.83. The standard InChI is InChI=1S/C18H17N5OS/c1-3-24-13-6-4-12(5-7-13)17-22-15(16(19)25-17)14-9-21-18-20-8-11(2)10-23(14)18/h4-10H,3,19H2,1-2H3. The van der Waals surface area contributed by atoms with Crippen LogP contribution in [-0.4, -0.2) is 26.0 Å². The van der Waals surface area contributed by atoms with Gasteiger partial charge in [-0.15, -0.1) is 0 Å². The molecule has 0 aliphatic rings. The van der Waals surface area contributed by atoms with E-state index in [1.807, 2.05) is 48.7 Å². The SMILES string of the molecule is CCOc1ccc(-c2nc(-c3cnc4ncc(C)cn34)c(N)s2)cc1. The molecule has 6 nitrogen and oxygen atoms in total. The number of rotatable bonds is 4. The highest BCUT2D eigenvalue weighted by molar-refractivity contribution is 7.19. The van der Waals surface area contributed by atoms with Gasteiger partial charge >= 0.3 is 0 Å². The molecule has 0 atom stereocenters. The summed E-state index contributed by atoms with van der Waals surface area (Å²) >= 11 is 1.46. The first-order valence-corrected chi connectivity index (χ1v) is 8.77. The number of ether oxygens (including phenoxy) is 1. The Morgan fingerprint density at radius 2 is 1.92 bits per heavy atom. The minimum absolute atomic E-state index is 0.635. The molecule has 0 aliphatic carbocycles. The van der Waals surface area contributed by atoms with Crippen LogP contribution in [0.5, 0.6) is 5.75 Å². The molecule has 0 amide bonds. The Morgan fingerprint density at radius 1 is 1.16 bits per heavy atom. The molecule has 3 heterocycles. The lowest BCUT2D eigenvalue weighted by atomic mass is 10.2. The summed E-state index contributed by atoms with van der Waals surface area (Å²) < 4.78 is 7.40. The van der Waals surface area contributed by atoms with E-state index in [4.69, 9.17) is 15.5 Å². The molecule has 2 N–H and O–H groups in total. The molecular weight excluding hydrogens is 334 g/mol. The van der Waals surface area contributed by atoms with Crippen molar-refractivity contribution in [3.8, 4) is 27.7 Å². The largest absolute Gasteiger partial charge is 0.494 e.